The summed E-state index contributed by atoms with van der Waals surface area (Å²) in [5, 5.41) is 14.6. The van der Waals surface area contributed by atoms with Gasteiger partial charge in [-0.25, -0.2) is 9.59 Å². The molecular weight excluding hydrogens is 360 g/mol. The maximum atomic E-state index is 12.4. The number of amides is 3. The number of phenolic OH excluding ortho intramolecular Hbond substituents is 1. The van der Waals surface area contributed by atoms with E-state index in [4.69, 9.17) is 16.3 Å². The quantitative estimate of drug-likeness (QED) is 0.696. The zero-order valence-corrected chi connectivity index (χ0v) is 14.6. The van der Waals surface area contributed by atoms with Crippen LogP contribution in [0.4, 0.5) is 4.79 Å². The summed E-state index contributed by atoms with van der Waals surface area (Å²) in [6.07, 6.45) is -1.38. The molecule has 0 saturated carbocycles. The molecule has 0 heterocycles. The first-order valence-corrected chi connectivity index (χ1v) is 8.13. The second-order valence-corrected chi connectivity index (χ2v) is 5.64. The van der Waals surface area contributed by atoms with E-state index in [2.05, 4.69) is 10.6 Å². The number of halogens is 1. The van der Waals surface area contributed by atoms with Crippen molar-refractivity contribution in [3.8, 4) is 5.75 Å². The van der Waals surface area contributed by atoms with Crippen LogP contribution in [0.25, 0.3) is 0 Å². The molecule has 8 heteroatoms. The SMILES string of the molecule is CCNC(=O)NC(=O)[C@@H](OC(=O)c1cc(Cl)ccc1O)c1ccccc1. The second kappa shape index (κ2) is 8.87. The molecule has 0 spiro atoms. The number of imide groups is 1. The summed E-state index contributed by atoms with van der Waals surface area (Å²) in [4.78, 5) is 36.4. The fourth-order valence-corrected chi connectivity index (χ4v) is 2.30. The summed E-state index contributed by atoms with van der Waals surface area (Å²) in [5.41, 5.74) is 0.174. The molecule has 26 heavy (non-hydrogen) atoms. The van der Waals surface area contributed by atoms with Crippen molar-refractivity contribution >= 4 is 29.5 Å². The lowest BCUT2D eigenvalue weighted by molar-refractivity contribution is -0.129. The third kappa shape index (κ3) is 4.97. The second-order valence-electron chi connectivity index (χ2n) is 5.21. The Bertz CT molecular complexity index is 810. The van der Waals surface area contributed by atoms with Crippen molar-refractivity contribution in [3.05, 3.63) is 64.7 Å². The van der Waals surface area contributed by atoms with E-state index in [1.165, 1.54) is 18.2 Å². The number of rotatable bonds is 5. The van der Waals surface area contributed by atoms with Crippen molar-refractivity contribution in [1.29, 1.82) is 0 Å². The lowest BCUT2D eigenvalue weighted by Gasteiger charge is -2.18. The van der Waals surface area contributed by atoms with Crippen LogP contribution in [-0.4, -0.2) is 29.6 Å². The average molecular weight is 377 g/mol. The molecule has 0 unspecified atom stereocenters. The normalized spacial score (nSPS) is 11.3. The number of hydrogen-bond donors (Lipinski definition) is 3. The summed E-state index contributed by atoms with van der Waals surface area (Å²) >= 11 is 5.83. The van der Waals surface area contributed by atoms with Crippen LogP contribution < -0.4 is 10.6 Å². The number of ether oxygens (including phenoxy) is 1. The predicted molar refractivity (Wildman–Crippen MR) is 94.9 cm³/mol. The zero-order chi connectivity index (χ0) is 19.1. The van der Waals surface area contributed by atoms with Gasteiger partial charge in [0, 0.05) is 17.1 Å². The molecule has 2 aromatic carbocycles. The molecule has 7 nitrogen and oxygen atoms in total. The van der Waals surface area contributed by atoms with Gasteiger partial charge in [0.1, 0.15) is 11.3 Å². The molecule has 3 amide bonds. The summed E-state index contributed by atoms with van der Waals surface area (Å²) in [6.45, 7) is 2.02. The Morgan fingerprint density at radius 2 is 1.85 bits per heavy atom. The van der Waals surface area contributed by atoms with E-state index in [1.54, 1.807) is 37.3 Å². The van der Waals surface area contributed by atoms with Crippen LogP contribution in [0, 0.1) is 0 Å². The number of carbonyl (C=O) groups is 3. The van der Waals surface area contributed by atoms with Crippen molar-refractivity contribution in [1.82, 2.24) is 10.6 Å². The smallest absolute Gasteiger partial charge is 0.343 e. The first kappa shape index (κ1) is 19.3. The summed E-state index contributed by atoms with van der Waals surface area (Å²) < 4.78 is 5.25. The molecule has 136 valence electrons. The molecule has 0 aliphatic rings. The maximum Gasteiger partial charge on any atom is 0.343 e. The number of hydrogen-bond acceptors (Lipinski definition) is 5. The lowest BCUT2D eigenvalue weighted by atomic mass is 10.1. The van der Waals surface area contributed by atoms with Gasteiger partial charge < -0.3 is 15.2 Å². The first-order chi connectivity index (χ1) is 12.4. The molecule has 0 bridgehead atoms. The fraction of sp³-hybridized carbons (Fsp3) is 0.167. The van der Waals surface area contributed by atoms with Gasteiger partial charge in [0.05, 0.1) is 0 Å². The minimum atomic E-state index is -1.38. The number of benzene rings is 2. The van der Waals surface area contributed by atoms with Crippen LogP contribution in [0.5, 0.6) is 5.75 Å². The van der Waals surface area contributed by atoms with E-state index in [1.807, 2.05) is 0 Å². The summed E-state index contributed by atoms with van der Waals surface area (Å²) in [7, 11) is 0. The van der Waals surface area contributed by atoms with Gasteiger partial charge in [0.2, 0.25) is 6.10 Å². The molecule has 0 radical (unpaired) electrons. The number of esters is 1. The van der Waals surface area contributed by atoms with Crippen LogP contribution in [0.15, 0.2) is 48.5 Å². The highest BCUT2D eigenvalue weighted by Crippen LogP contribution is 2.25. The topological polar surface area (TPSA) is 105 Å². The number of urea groups is 1. The molecule has 2 rings (SSSR count). The van der Waals surface area contributed by atoms with E-state index in [-0.39, 0.29) is 16.3 Å². The van der Waals surface area contributed by atoms with Crippen molar-refractivity contribution in [2.24, 2.45) is 0 Å². The van der Waals surface area contributed by atoms with E-state index in [0.717, 1.165) is 0 Å². The number of carbonyl (C=O) groups excluding carboxylic acids is 3. The lowest BCUT2D eigenvalue weighted by Crippen LogP contribution is -2.42. The van der Waals surface area contributed by atoms with Gasteiger partial charge in [-0.2, -0.15) is 0 Å². The average Bonchev–Trinajstić information content (AvgIpc) is 2.62. The zero-order valence-electron chi connectivity index (χ0n) is 13.9. The number of phenols is 1. The molecule has 0 saturated heterocycles. The highest BCUT2D eigenvalue weighted by Gasteiger charge is 2.28. The van der Waals surface area contributed by atoms with Gasteiger partial charge in [-0.1, -0.05) is 41.9 Å². The van der Waals surface area contributed by atoms with E-state index in [0.29, 0.717) is 12.1 Å². The predicted octanol–water partition coefficient (Wildman–Crippen LogP) is 2.79. The molecule has 0 aromatic heterocycles. The Labute approximate surface area is 154 Å². The van der Waals surface area contributed by atoms with Gasteiger partial charge in [-0.05, 0) is 25.1 Å². The van der Waals surface area contributed by atoms with Crippen LogP contribution >= 0.6 is 11.6 Å². The van der Waals surface area contributed by atoms with Crippen LogP contribution in [-0.2, 0) is 9.53 Å². The first-order valence-electron chi connectivity index (χ1n) is 7.75. The summed E-state index contributed by atoms with van der Waals surface area (Å²) in [6, 6.07) is 11.4. The van der Waals surface area contributed by atoms with E-state index < -0.39 is 24.0 Å². The van der Waals surface area contributed by atoms with Gasteiger partial charge in [0.15, 0.2) is 0 Å². The van der Waals surface area contributed by atoms with Gasteiger partial charge >= 0.3 is 12.0 Å². The minimum Gasteiger partial charge on any atom is -0.507 e. The molecular formula is C18H17ClN2O5. The molecule has 0 aliphatic heterocycles. The molecule has 2 aromatic rings. The number of nitrogens with one attached hydrogen (secondary N) is 2. The van der Waals surface area contributed by atoms with E-state index >= 15 is 0 Å². The molecule has 0 aliphatic carbocycles. The Morgan fingerprint density at radius 1 is 1.15 bits per heavy atom. The monoisotopic (exact) mass is 376 g/mol. The van der Waals surface area contributed by atoms with Crippen molar-refractivity contribution in [3.63, 3.8) is 0 Å². The number of aromatic hydroxyl groups is 1. The molecule has 0 fully saturated rings. The Morgan fingerprint density at radius 3 is 2.50 bits per heavy atom. The standard InChI is InChI=1S/C18H17ClN2O5/c1-2-20-18(25)21-16(23)15(11-6-4-3-5-7-11)26-17(24)13-10-12(19)8-9-14(13)22/h3-10,15,22H,2H2,1H3,(H2,20,21,23,25)/t15-/m0/s1. The van der Waals surface area contributed by atoms with Crippen LogP contribution in [0.1, 0.15) is 28.9 Å². The minimum absolute atomic E-state index is 0.191. The summed E-state index contributed by atoms with van der Waals surface area (Å²) in [5.74, 6) is -2.11. The van der Waals surface area contributed by atoms with E-state index in [9.17, 15) is 19.5 Å². The highest BCUT2D eigenvalue weighted by molar-refractivity contribution is 6.31. The molecule has 1 atom stereocenters. The van der Waals surface area contributed by atoms with Crippen LogP contribution in [0.3, 0.4) is 0 Å². The van der Waals surface area contributed by atoms with Crippen molar-refractivity contribution < 1.29 is 24.2 Å². The van der Waals surface area contributed by atoms with Crippen LogP contribution in [0.2, 0.25) is 5.02 Å². The van der Waals surface area contributed by atoms with Crippen molar-refractivity contribution in [2.75, 3.05) is 6.54 Å². The van der Waals surface area contributed by atoms with Gasteiger partial charge in [0.25, 0.3) is 5.91 Å². The Balaban J connectivity index is 2.27. The third-order valence-electron chi connectivity index (χ3n) is 3.32. The third-order valence-corrected chi connectivity index (χ3v) is 3.55. The van der Waals surface area contributed by atoms with Gasteiger partial charge in [-0.3, -0.25) is 10.1 Å². The largest absolute Gasteiger partial charge is 0.507 e. The van der Waals surface area contributed by atoms with Crippen molar-refractivity contribution in [2.45, 2.75) is 13.0 Å². The molecule has 3 N–H and O–H groups in total. The highest BCUT2D eigenvalue weighted by atomic mass is 35.5. The fourth-order valence-electron chi connectivity index (χ4n) is 2.13. The Kier molecular flexibility index (Phi) is 6.57. The Hall–Kier alpha value is -3.06. The maximum absolute atomic E-state index is 12.4. The van der Waals surface area contributed by atoms with Gasteiger partial charge in [-0.15, -0.1) is 0 Å².